The minimum absolute atomic E-state index is 0. The molecule has 0 spiro atoms. The van der Waals surface area contributed by atoms with Crippen LogP contribution >= 0.6 is 23.5 Å². The van der Waals surface area contributed by atoms with Crippen molar-refractivity contribution in [3.8, 4) is 0 Å². The lowest BCUT2D eigenvalue weighted by molar-refractivity contribution is -0.339. The zero-order valence-electron chi connectivity index (χ0n) is 19.4. The Bertz CT molecular complexity index is 1210. The first-order valence-corrected chi connectivity index (χ1v) is 13.1. The maximum Gasteiger partial charge on any atom is 0.476 e. The van der Waals surface area contributed by atoms with Gasteiger partial charge in [-0.05, 0) is 29.7 Å². The van der Waals surface area contributed by atoms with Crippen LogP contribution in [0, 0.1) is 5.82 Å². The first-order valence-electron chi connectivity index (χ1n) is 8.68. The Labute approximate surface area is 206 Å². The summed E-state index contributed by atoms with van der Waals surface area (Å²) in [5, 5.41) is 29.5. The Balaban J connectivity index is 0. The molecule has 3 rings (SSSR count). The maximum atomic E-state index is 13.1. The van der Waals surface area contributed by atoms with Crippen LogP contribution in [0.1, 0.15) is 6.23 Å². The predicted molar refractivity (Wildman–Crippen MR) is 119 cm³/mol. The van der Waals surface area contributed by atoms with Crippen LogP contribution in [0.25, 0.3) is 10.8 Å². The van der Waals surface area contributed by atoms with Gasteiger partial charge in [-0.2, -0.15) is 0 Å². The van der Waals surface area contributed by atoms with E-state index in [1.807, 2.05) is 0 Å². The van der Waals surface area contributed by atoms with E-state index < -0.39 is 66.0 Å². The summed E-state index contributed by atoms with van der Waals surface area (Å²) < 4.78 is 54.9. The fraction of sp³-hybridized carbons (Fsp3) is 0.357. The summed E-state index contributed by atoms with van der Waals surface area (Å²) in [5.74, 6) is -0.451. The number of rotatable bonds is 6. The molecule has 2 heterocycles. The van der Waals surface area contributed by atoms with Gasteiger partial charge in [0.05, 0.1) is 14.4 Å². The third kappa shape index (κ3) is 10.6. The second kappa shape index (κ2) is 14.0. The molecule has 5 atom stereocenters. The summed E-state index contributed by atoms with van der Waals surface area (Å²) in [7, 11) is -17.2. The van der Waals surface area contributed by atoms with Crippen molar-refractivity contribution in [2.75, 3.05) is 6.61 Å². The zero-order valence-corrected chi connectivity index (χ0v) is 22.1. The lowest BCUT2D eigenvalue weighted by Crippen LogP contribution is -2.35. The molecule has 0 bridgehead atoms. The number of aromatic nitrogens is 1. The van der Waals surface area contributed by atoms with E-state index in [1.165, 1.54) is 30.5 Å². The molecule has 23 heteroatoms. The number of phosphoric acid groups is 3. The fourth-order valence-corrected chi connectivity index (χ4v) is 5.22. The molecule has 1 aliphatic heterocycles. The van der Waals surface area contributed by atoms with Gasteiger partial charge in [0.25, 0.3) is 13.4 Å². The summed E-state index contributed by atoms with van der Waals surface area (Å²) >= 11 is 0. The van der Waals surface area contributed by atoms with Crippen molar-refractivity contribution in [2.24, 2.45) is 0 Å². The maximum absolute atomic E-state index is 13.1. The normalized spacial score (nSPS) is 22.9. The second-order valence-corrected chi connectivity index (χ2v) is 10.6. The van der Waals surface area contributed by atoms with Crippen LogP contribution in [0.4, 0.5) is 4.39 Å². The third-order valence-corrected chi connectivity index (χ3v) is 7.34. The molecule has 1 fully saturated rings. The number of quaternary nitrogens is 3. The van der Waals surface area contributed by atoms with Gasteiger partial charge in [0, 0.05) is 11.6 Å². The third-order valence-electron chi connectivity index (χ3n) is 4.09. The van der Waals surface area contributed by atoms with E-state index >= 15 is 0 Å². The predicted octanol–water partition coefficient (Wildman–Crippen LogP) is -1.71. The van der Waals surface area contributed by atoms with E-state index in [2.05, 4.69) is 8.62 Å². The van der Waals surface area contributed by atoms with Gasteiger partial charge in [-0.25, -0.2) is 13.3 Å². The summed E-state index contributed by atoms with van der Waals surface area (Å²) in [6, 6.07) is 5.28. The second-order valence-electron chi connectivity index (χ2n) is 6.54. The van der Waals surface area contributed by atoms with E-state index in [0.717, 1.165) is 4.57 Å². The first-order chi connectivity index (χ1) is 15.4. The lowest BCUT2D eigenvalue weighted by Gasteiger charge is -2.34. The molecule has 2 aromatic rings. The van der Waals surface area contributed by atoms with Crippen LogP contribution in [0.5, 0.6) is 0 Å². The average molecular weight is 604 g/mol. The van der Waals surface area contributed by atoms with Gasteiger partial charge >= 0.3 is 7.82 Å². The molecular weight excluding hydrogens is 576 g/mol. The summed E-state index contributed by atoms with van der Waals surface area (Å²) in [4.78, 5) is 57.7. The molecule has 0 radical (unpaired) electrons. The SMILES string of the molecule is O=P([O-])([O-])OP(=O)([O-])OP(=O)(O)O.O=c1c2ccc(F)cc2ccn1[C@@H]1O[C@H](CO)[C@@H](O)[C@H]1O.[NH4+].[NH4+].[NH4+]. The van der Waals surface area contributed by atoms with Crippen molar-refractivity contribution in [3.05, 3.63) is 46.6 Å². The molecule has 216 valence electrons. The van der Waals surface area contributed by atoms with Gasteiger partial charge in [-0.3, -0.25) is 18.2 Å². The van der Waals surface area contributed by atoms with E-state index in [0.29, 0.717) is 5.39 Å². The number of nitrogens with zero attached hydrogens (tertiary/aromatic N) is 1. The average Bonchev–Trinajstić information content (AvgIpc) is 2.93. The number of pyridine rings is 1. The smallest absolute Gasteiger partial charge is 0.476 e. The molecule has 0 saturated carbocycles. The van der Waals surface area contributed by atoms with Crippen molar-refractivity contribution >= 4 is 34.2 Å². The number of aliphatic hydroxyl groups excluding tert-OH is 3. The molecule has 1 saturated heterocycles. The molecule has 1 aromatic heterocycles. The Morgan fingerprint density at radius 1 is 1.00 bits per heavy atom. The molecule has 17 N–H and O–H groups in total. The summed E-state index contributed by atoms with van der Waals surface area (Å²) in [6.45, 7) is -0.470. The molecule has 0 aliphatic carbocycles. The minimum Gasteiger partial charge on any atom is -0.790 e. The number of halogens is 1. The van der Waals surface area contributed by atoms with Crippen molar-refractivity contribution < 1.29 is 71.2 Å². The Hall–Kier alpha value is -1.51. The van der Waals surface area contributed by atoms with E-state index in [-0.39, 0.29) is 23.8 Å². The highest BCUT2D eigenvalue weighted by Gasteiger charge is 2.43. The number of fused-ring (bicyclic) bond motifs is 1. The van der Waals surface area contributed by atoms with Gasteiger partial charge in [-0.15, -0.1) is 0 Å². The molecule has 1 unspecified atom stereocenters. The van der Waals surface area contributed by atoms with Crippen LogP contribution in [0.3, 0.4) is 0 Å². The van der Waals surface area contributed by atoms with Gasteiger partial charge in [0.1, 0.15) is 24.1 Å². The van der Waals surface area contributed by atoms with E-state index in [9.17, 15) is 47.8 Å². The minimum atomic E-state index is -5.92. The van der Waals surface area contributed by atoms with Crippen LogP contribution in [0.2, 0.25) is 0 Å². The topological polar surface area (TPSA) is 381 Å². The van der Waals surface area contributed by atoms with E-state index in [4.69, 9.17) is 19.6 Å². The zero-order chi connectivity index (χ0) is 26.1. The Morgan fingerprint density at radius 3 is 2.03 bits per heavy atom. The highest BCUT2D eigenvalue weighted by Crippen LogP contribution is 2.59. The van der Waals surface area contributed by atoms with Gasteiger partial charge in [0.15, 0.2) is 6.23 Å². The Kier molecular flexibility index (Phi) is 14.3. The molecule has 1 aromatic carbocycles. The quantitative estimate of drug-likeness (QED) is 0.170. The van der Waals surface area contributed by atoms with Crippen molar-refractivity contribution in [3.63, 3.8) is 0 Å². The molecular formula is C14H28FN4O15P3. The van der Waals surface area contributed by atoms with Gasteiger partial charge in [0.2, 0.25) is 0 Å². The lowest BCUT2D eigenvalue weighted by atomic mass is 10.1. The molecule has 1 aliphatic rings. The first kappa shape index (κ1) is 37.6. The largest absolute Gasteiger partial charge is 0.790 e. The standard InChI is InChI=1S/C14H14FNO5.3H3N.H5O10P3/c15-8-1-2-9-7(5-8)3-4-16(13(9)20)14-12(19)11(18)10(6-17)21-14;;;;1-11(2,3)9-13(7,8)10-12(4,5)6/h1-5,10-12,14,17-19H,6H2;3*1H3;(H,7,8)(H2,1,2,3)(H2,4,5,6)/t10-,11-,12-,14-;;;;/m1..../s1. The number of hydrogen-bond acceptors (Lipinski definition) is 13. The van der Waals surface area contributed by atoms with Crippen molar-refractivity contribution in [2.45, 2.75) is 24.5 Å². The highest BCUT2D eigenvalue weighted by molar-refractivity contribution is 7.65. The Morgan fingerprint density at radius 2 is 1.57 bits per heavy atom. The fourth-order valence-electron chi connectivity index (χ4n) is 2.81. The highest BCUT2D eigenvalue weighted by atomic mass is 31.3. The van der Waals surface area contributed by atoms with Crippen molar-refractivity contribution in [1.29, 1.82) is 0 Å². The molecule has 37 heavy (non-hydrogen) atoms. The van der Waals surface area contributed by atoms with Crippen LogP contribution < -0.4 is 38.7 Å². The van der Waals surface area contributed by atoms with E-state index in [1.54, 1.807) is 0 Å². The van der Waals surface area contributed by atoms with Gasteiger partial charge in [-0.1, -0.05) is 0 Å². The summed E-state index contributed by atoms with van der Waals surface area (Å²) in [5.41, 5.74) is -0.470. The molecule has 19 nitrogen and oxygen atoms in total. The monoisotopic (exact) mass is 604 g/mol. The van der Waals surface area contributed by atoms with Crippen LogP contribution in [-0.4, -0.2) is 54.6 Å². The van der Waals surface area contributed by atoms with Crippen molar-refractivity contribution in [1.82, 2.24) is 23.0 Å². The number of ether oxygens (including phenoxy) is 1. The number of hydrogen-bond donors (Lipinski definition) is 8. The van der Waals surface area contributed by atoms with Crippen LogP contribution in [-0.2, 0) is 27.1 Å². The summed E-state index contributed by atoms with van der Waals surface area (Å²) in [6.07, 6.45) is -3.31. The number of aliphatic hydroxyl groups is 3. The number of benzene rings is 1. The molecule has 0 amide bonds. The van der Waals surface area contributed by atoms with Crippen LogP contribution in [0.15, 0.2) is 35.3 Å². The van der Waals surface area contributed by atoms with Gasteiger partial charge < -0.3 is 67.5 Å².